The average Bonchev–Trinajstić information content (AvgIpc) is 2.82. The molecule has 0 spiro atoms. The molecule has 1 aliphatic rings. The van der Waals surface area contributed by atoms with Gasteiger partial charge in [0.05, 0.1) is 28.5 Å². The van der Waals surface area contributed by atoms with Crippen LogP contribution >= 0.6 is 15.9 Å². The van der Waals surface area contributed by atoms with E-state index in [1.807, 2.05) is 6.92 Å². The normalized spacial score (nSPS) is 21.4. The minimum atomic E-state index is -0.692. The first-order valence-electron chi connectivity index (χ1n) is 6.31. The third-order valence-corrected chi connectivity index (χ3v) is 4.28. The molecule has 0 bridgehead atoms. The van der Waals surface area contributed by atoms with Gasteiger partial charge in [0.25, 0.3) is 5.69 Å². The van der Waals surface area contributed by atoms with Crippen molar-refractivity contribution in [2.75, 3.05) is 25.1 Å². The number of hydrogen-bond donors (Lipinski definition) is 0. The highest BCUT2D eigenvalue weighted by molar-refractivity contribution is 9.10. The van der Waals surface area contributed by atoms with E-state index in [0.29, 0.717) is 18.8 Å². The van der Waals surface area contributed by atoms with Gasteiger partial charge in [0.1, 0.15) is 11.5 Å². The van der Waals surface area contributed by atoms with Crippen LogP contribution in [0.3, 0.4) is 0 Å². The van der Waals surface area contributed by atoms with Crippen molar-refractivity contribution in [3.8, 4) is 0 Å². The number of carbonyl (C=O) groups excluding carboxylic acids is 1. The second-order valence-electron chi connectivity index (χ2n) is 5.02. The quantitative estimate of drug-likeness (QED) is 0.470. The molecule has 1 fully saturated rings. The minimum absolute atomic E-state index is 0.000817. The van der Waals surface area contributed by atoms with Gasteiger partial charge in [-0.2, -0.15) is 0 Å². The zero-order valence-corrected chi connectivity index (χ0v) is 13.1. The summed E-state index contributed by atoms with van der Waals surface area (Å²) in [4.78, 5) is 23.9. The molecule has 1 aromatic carbocycles. The molecule has 0 radical (unpaired) electrons. The number of nitro groups is 1. The van der Waals surface area contributed by atoms with Crippen molar-refractivity contribution < 1.29 is 18.8 Å². The van der Waals surface area contributed by atoms with Gasteiger partial charge in [0, 0.05) is 13.1 Å². The molecule has 0 aromatic heterocycles. The number of rotatable bonds is 3. The molecular weight excluding hydrogens is 347 g/mol. The maximum Gasteiger partial charge on any atom is 0.310 e. The Hall–Kier alpha value is -1.70. The second kappa shape index (κ2) is 5.97. The van der Waals surface area contributed by atoms with E-state index in [0.717, 1.165) is 6.07 Å². The smallest absolute Gasteiger partial charge is 0.310 e. The molecule has 1 aliphatic heterocycles. The van der Waals surface area contributed by atoms with Crippen LogP contribution < -0.4 is 4.90 Å². The molecule has 2 rings (SSSR count). The number of nitro benzene ring substituents is 1. The number of esters is 1. The number of nitrogens with zero attached hydrogens (tertiary/aromatic N) is 2. The van der Waals surface area contributed by atoms with Crippen molar-refractivity contribution >= 4 is 33.3 Å². The fraction of sp³-hybridized carbons (Fsp3) is 0.462. The monoisotopic (exact) mass is 360 g/mol. The molecule has 8 heteroatoms. The highest BCUT2D eigenvalue weighted by Gasteiger charge is 2.38. The average molecular weight is 361 g/mol. The summed E-state index contributed by atoms with van der Waals surface area (Å²) in [5.41, 5.74) is -0.0139. The molecule has 1 saturated heterocycles. The topological polar surface area (TPSA) is 72.7 Å². The van der Waals surface area contributed by atoms with Crippen LogP contribution in [0.1, 0.15) is 6.92 Å². The van der Waals surface area contributed by atoms with Crippen molar-refractivity contribution in [2.45, 2.75) is 6.92 Å². The van der Waals surface area contributed by atoms with Crippen LogP contribution in [0.4, 0.5) is 15.8 Å². The number of anilines is 1. The lowest BCUT2D eigenvalue weighted by Crippen LogP contribution is -2.24. The maximum absolute atomic E-state index is 13.5. The lowest BCUT2D eigenvalue weighted by molar-refractivity contribution is -0.384. The predicted molar refractivity (Wildman–Crippen MR) is 77.6 cm³/mol. The van der Waals surface area contributed by atoms with Crippen LogP contribution in [-0.4, -0.2) is 31.1 Å². The van der Waals surface area contributed by atoms with Gasteiger partial charge in [-0.1, -0.05) is 6.92 Å². The predicted octanol–water partition coefficient (Wildman–Crippen LogP) is 2.74. The van der Waals surface area contributed by atoms with Gasteiger partial charge in [-0.25, -0.2) is 4.39 Å². The molecular formula is C13H14BrFN2O4. The van der Waals surface area contributed by atoms with Gasteiger partial charge in [0.15, 0.2) is 0 Å². The Morgan fingerprint density at radius 1 is 1.52 bits per heavy atom. The lowest BCUT2D eigenvalue weighted by Gasteiger charge is -2.18. The van der Waals surface area contributed by atoms with Crippen LogP contribution in [0.5, 0.6) is 0 Å². The molecule has 2 unspecified atom stereocenters. The van der Waals surface area contributed by atoms with Gasteiger partial charge in [-0.05, 0) is 27.9 Å². The Bertz CT molecular complexity index is 596. The number of halogens is 2. The molecule has 1 heterocycles. The van der Waals surface area contributed by atoms with Crippen LogP contribution in [0.25, 0.3) is 0 Å². The SMILES string of the molecule is COC(=O)C1CN(c2cc(Br)c(F)cc2[N+](=O)[O-])CC1C. The van der Waals surface area contributed by atoms with Crippen molar-refractivity contribution in [2.24, 2.45) is 11.8 Å². The number of benzene rings is 1. The van der Waals surface area contributed by atoms with Crippen molar-refractivity contribution in [3.63, 3.8) is 0 Å². The van der Waals surface area contributed by atoms with E-state index >= 15 is 0 Å². The summed E-state index contributed by atoms with van der Waals surface area (Å²) in [6, 6.07) is 2.26. The summed E-state index contributed by atoms with van der Waals surface area (Å²) < 4.78 is 18.4. The summed E-state index contributed by atoms with van der Waals surface area (Å²) in [6.07, 6.45) is 0. The van der Waals surface area contributed by atoms with Crippen molar-refractivity contribution in [3.05, 3.63) is 32.5 Å². The Balaban J connectivity index is 2.37. The Kier molecular flexibility index (Phi) is 4.46. The highest BCUT2D eigenvalue weighted by atomic mass is 79.9. The molecule has 1 aromatic rings. The maximum atomic E-state index is 13.5. The summed E-state index contributed by atoms with van der Waals surface area (Å²) >= 11 is 3.03. The third kappa shape index (κ3) is 2.99. The van der Waals surface area contributed by atoms with E-state index in [9.17, 15) is 19.3 Å². The molecule has 21 heavy (non-hydrogen) atoms. The minimum Gasteiger partial charge on any atom is -0.469 e. The van der Waals surface area contributed by atoms with Crippen LogP contribution in [0.2, 0.25) is 0 Å². The molecule has 6 nitrogen and oxygen atoms in total. The molecule has 0 saturated carbocycles. The van der Waals surface area contributed by atoms with Crippen molar-refractivity contribution in [1.82, 2.24) is 0 Å². The molecule has 0 amide bonds. The molecule has 0 aliphatic carbocycles. The third-order valence-electron chi connectivity index (χ3n) is 3.67. The number of hydrogen-bond acceptors (Lipinski definition) is 5. The Labute approximate surface area is 129 Å². The van der Waals surface area contributed by atoms with Gasteiger partial charge in [-0.3, -0.25) is 14.9 Å². The van der Waals surface area contributed by atoms with Crippen LogP contribution in [-0.2, 0) is 9.53 Å². The first kappa shape index (κ1) is 15.7. The summed E-state index contributed by atoms with van der Waals surface area (Å²) in [5, 5.41) is 11.1. The standard InChI is InChI=1S/C13H14BrFN2O4/c1-7-5-16(6-8(7)13(18)21-2)11-3-9(14)10(15)4-12(11)17(19)20/h3-4,7-8H,5-6H2,1-2H3. The first-order valence-corrected chi connectivity index (χ1v) is 7.10. The van der Waals surface area contributed by atoms with E-state index in [-0.39, 0.29) is 28.0 Å². The zero-order chi connectivity index (χ0) is 15.7. The van der Waals surface area contributed by atoms with E-state index < -0.39 is 10.7 Å². The molecule has 2 atom stereocenters. The summed E-state index contributed by atoms with van der Waals surface area (Å²) in [7, 11) is 1.31. The van der Waals surface area contributed by atoms with E-state index in [4.69, 9.17) is 4.74 Å². The number of carbonyl (C=O) groups is 1. The largest absolute Gasteiger partial charge is 0.469 e. The van der Waals surface area contributed by atoms with Gasteiger partial charge < -0.3 is 9.64 Å². The Morgan fingerprint density at radius 2 is 2.19 bits per heavy atom. The summed E-state index contributed by atoms with van der Waals surface area (Å²) in [5.74, 6) is -1.38. The van der Waals surface area contributed by atoms with Crippen LogP contribution in [0.15, 0.2) is 16.6 Å². The fourth-order valence-corrected chi connectivity index (χ4v) is 2.88. The van der Waals surface area contributed by atoms with E-state index in [1.54, 1.807) is 4.90 Å². The second-order valence-corrected chi connectivity index (χ2v) is 5.88. The van der Waals surface area contributed by atoms with Gasteiger partial charge in [0.2, 0.25) is 0 Å². The number of ether oxygens (including phenoxy) is 1. The number of methoxy groups -OCH3 is 1. The fourth-order valence-electron chi connectivity index (χ4n) is 2.55. The molecule has 0 N–H and O–H groups in total. The molecule has 114 valence electrons. The van der Waals surface area contributed by atoms with E-state index in [1.165, 1.54) is 13.2 Å². The zero-order valence-electron chi connectivity index (χ0n) is 11.5. The summed E-state index contributed by atoms with van der Waals surface area (Å²) in [6.45, 7) is 2.66. The first-order chi connectivity index (χ1) is 9.85. The van der Waals surface area contributed by atoms with Crippen LogP contribution in [0, 0.1) is 27.8 Å². The van der Waals surface area contributed by atoms with E-state index in [2.05, 4.69) is 15.9 Å². The van der Waals surface area contributed by atoms with Crippen molar-refractivity contribution in [1.29, 1.82) is 0 Å². The lowest BCUT2D eigenvalue weighted by atomic mass is 9.99. The van der Waals surface area contributed by atoms with Gasteiger partial charge >= 0.3 is 5.97 Å². The van der Waals surface area contributed by atoms with Gasteiger partial charge in [-0.15, -0.1) is 0 Å². The highest BCUT2D eigenvalue weighted by Crippen LogP contribution is 2.37. The Morgan fingerprint density at radius 3 is 2.76 bits per heavy atom.